The lowest BCUT2D eigenvalue weighted by Crippen LogP contribution is -3.14. The molecule has 1 amide bonds. The first-order valence-corrected chi connectivity index (χ1v) is 8.22. The number of amides is 1. The van der Waals surface area contributed by atoms with Gasteiger partial charge < -0.3 is 24.4 Å². The van der Waals surface area contributed by atoms with E-state index in [1.165, 1.54) is 12.0 Å². The molecule has 0 aromatic heterocycles. The summed E-state index contributed by atoms with van der Waals surface area (Å²) < 4.78 is 15.4. The van der Waals surface area contributed by atoms with Crippen LogP contribution in [0.3, 0.4) is 0 Å². The first-order chi connectivity index (χ1) is 11.7. The number of ether oxygens (including phenoxy) is 3. The van der Waals surface area contributed by atoms with Gasteiger partial charge in [0.2, 0.25) is 6.79 Å². The lowest BCUT2D eigenvalue weighted by molar-refractivity contribution is -0.897. The summed E-state index contributed by atoms with van der Waals surface area (Å²) in [5.74, 6) is 1.32. The molecule has 1 fully saturated rings. The molecule has 0 unspecified atom stereocenters. The molecule has 1 saturated heterocycles. The number of hydrogen-bond acceptors (Lipinski definition) is 5. The van der Waals surface area contributed by atoms with Crippen LogP contribution in [-0.4, -0.2) is 45.4 Å². The van der Waals surface area contributed by atoms with Crippen molar-refractivity contribution in [3.05, 3.63) is 23.8 Å². The minimum absolute atomic E-state index is 0.0131. The van der Waals surface area contributed by atoms with E-state index in [4.69, 9.17) is 14.2 Å². The van der Waals surface area contributed by atoms with E-state index in [-0.39, 0.29) is 24.6 Å². The van der Waals surface area contributed by atoms with Gasteiger partial charge >= 0.3 is 5.97 Å². The Bertz CT molecular complexity index is 611. The third kappa shape index (κ3) is 3.97. The summed E-state index contributed by atoms with van der Waals surface area (Å²) in [7, 11) is 1.42. The van der Waals surface area contributed by atoms with Crippen LogP contribution >= 0.6 is 0 Å². The fourth-order valence-corrected chi connectivity index (χ4v) is 3.15. The quantitative estimate of drug-likeness (QED) is 0.710. The van der Waals surface area contributed by atoms with Gasteiger partial charge in [0, 0.05) is 19.4 Å². The number of benzene rings is 1. The molecule has 1 aromatic rings. The van der Waals surface area contributed by atoms with E-state index in [2.05, 4.69) is 5.32 Å². The molecule has 1 aromatic carbocycles. The monoisotopic (exact) mass is 335 g/mol. The number of carbonyl (C=O) groups excluding carboxylic acids is 2. The normalized spacial score (nSPS) is 22.0. The topological polar surface area (TPSA) is 78.3 Å². The number of carbonyl (C=O) groups is 2. The van der Waals surface area contributed by atoms with Crippen molar-refractivity contribution in [3.8, 4) is 11.5 Å². The Morgan fingerprint density at radius 2 is 2.00 bits per heavy atom. The molecule has 7 heteroatoms. The number of esters is 1. The minimum atomic E-state index is -0.138. The highest BCUT2D eigenvalue weighted by molar-refractivity contribution is 5.77. The molecule has 7 nitrogen and oxygen atoms in total. The standard InChI is InChI=1S/C17H22N2O5/c1-22-17(21)13-4-6-19(7-5-13)10-16(20)18-9-12-2-3-14-15(8-12)24-11-23-14/h2-3,8,13H,4-7,9-11H2,1H3,(H,18,20)/p+1. The van der Waals surface area contributed by atoms with Crippen LogP contribution < -0.4 is 19.7 Å². The molecule has 2 aliphatic heterocycles. The molecular formula is C17H23N2O5+. The Labute approximate surface area is 140 Å². The van der Waals surface area contributed by atoms with Crippen LogP contribution in [0.1, 0.15) is 18.4 Å². The predicted molar refractivity (Wildman–Crippen MR) is 84.7 cm³/mol. The van der Waals surface area contributed by atoms with Gasteiger partial charge in [-0.3, -0.25) is 9.59 Å². The second kappa shape index (κ2) is 7.53. The molecule has 0 bridgehead atoms. The number of likely N-dealkylation sites (tertiary alicyclic amines) is 1. The summed E-state index contributed by atoms with van der Waals surface area (Å²) in [6, 6.07) is 5.66. The largest absolute Gasteiger partial charge is 0.469 e. The van der Waals surface area contributed by atoms with Gasteiger partial charge in [-0.05, 0) is 17.7 Å². The van der Waals surface area contributed by atoms with E-state index in [1.807, 2.05) is 18.2 Å². The number of rotatable bonds is 5. The van der Waals surface area contributed by atoms with Gasteiger partial charge in [0.05, 0.1) is 26.1 Å². The fraction of sp³-hybridized carbons (Fsp3) is 0.529. The van der Waals surface area contributed by atoms with Crippen LogP contribution in [0.2, 0.25) is 0 Å². The van der Waals surface area contributed by atoms with Crippen molar-refractivity contribution in [1.29, 1.82) is 0 Å². The van der Waals surface area contributed by atoms with Crippen LogP contribution in [0.5, 0.6) is 11.5 Å². The maximum absolute atomic E-state index is 12.1. The van der Waals surface area contributed by atoms with Crippen LogP contribution in [0.15, 0.2) is 18.2 Å². The first kappa shape index (κ1) is 16.6. The summed E-state index contributed by atoms with van der Waals surface area (Å²) in [6.45, 7) is 2.77. The zero-order chi connectivity index (χ0) is 16.9. The van der Waals surface area contributed by atoms with Gasteiger partial charge in [-0.15, -0.1) is 0 Å². The predicted octanol–water partition coefficient (Wildman–Crippen LogP) is -0.501. The van der Waals surface area contributed by atoms with Crippen molar-refractivity contribution in [2.45, 2.75) is 19.4 Å². The highest BCUT2D eigenvalue weighted by atomic mass is 16.7. The molecule has 3 rings (SSSR count). The molecule has 2 heterocycles. The lowest BCUT2D eigenvalue weighted by Gasteiger charge is -2.27. The molecule has 130 valence electrons. The van der Waals surface area contributed by atoms with Crippen LogP contribution in [-0.2, 0) is 20.9 Å². The maximum Gasteiger partial charge on any atom is 0.309 e. The highest BCUT2D eigenvalue weighted by Crippen LogP contribution is 2.32. The van der Waals surface area contributed by atoms with Crippen LogP contribution in [0, 0.1) is 5.92 Å². The van der Waals surface area contributed by atoms with Crippen LogP contribution in [0.25, 0.3) is 0 Å². The molecule has 0 atom stereocenters. The molecule has 2 aliphatic rings. The van der Waals surface area contributed by atoms with E-state index in [0.717, 1.165) is 43.0 Å². The molecule has 0 radical (unpaired) electrons. The number of fused-ring (bicyclic) bond motifs is 1. The molecule has 0 saturated carbocycles. The van der Waals surface area contributed by atoms with E-state index in [1.54, 1.807) is 0 Å². The Morgan fingerprint density at radius 3 is 2.75 bits per heavy atom. The summed E-state index contributed by atoms with van der Waals surface area (Å²) >= 11 is 0. The maximum atomic E-state index is 12.1. The summed E-state index contributed by atoms with van der Waals surface area (Å²) in [5.41, 5.74) is 0.979. The summed E-state index contributed by atoms with van der Waals surface area (Å²) in [5, 5.41) is 2.93. The average Bonchev–Trinajstić information content (AvgIpc) is 3.07. The molecule has 2 N–H and O–H groups in total. The SMILES string of the molecule is COC(=O)C1CC[NH+](CC(=O)NCc2ccc3c(c2)OCO3)CC1. The Kier molecular flexibility index (Phi) is 5.20. The first-order valence-electron chi connectivity index (χ1n) is 8.22. The summed E-state index contributed by atoms with van der Waals surface area (Å²) in [6.07, 6.45) is 1.55. The zero-order valence-electron chi connectivity index (χ0n) is 13.8. The van der Waals surface area contributed by atoms with Crippen molar-refractivity contribution in [3.63, 3.8) is 0 Å². The van der Waals surface area contributed by atoms with Gasteiger partial charge in [0.1, 0.15) is 0 Å². The number of methoxy groups -OCH3 is 1. The van der Waals surface area contributed by atoms with Crippen LogP contribution in [0.4, 0.5) is 0 Å². The number of quaternary nitrogens is 1. The Morgan fingerprint density at radius 1 is 1.25 bits per heavy atom. The third-order valence-electron chi connectivity index (χ3n) is 4.56. The second-order valence-corrected chi connectivity index (χ2v) is 6.19. The van der Waals surface area contributed by atoms with Crippen molar-refractivity contribution in [2.75, 3.05) is 33.5 Å². The van der Waals surface area contributed by atoms with Crippen molar-refractivity contribution >= 4 is 11.9 Å². The van der Waals surface area contributed by atoms with Gasteiger partial charge in [0.15, 0.2) is 18.0 Å². The van der Waals surface area contributed by atoms with E-state index in [9.17, 15) is 9.59 Å². The van der Waals surface area contributed by atoms with Gasteiger partial charge in [-0.25, -0.2) is 0 Å². The number of hydrogen-bond donors (Lipinski definition) is 2. The van der Waals surface area contributed by atoms with Crippen molar-refractivity contribution in [2.24, 2.45) is 5.92 Å². The lowest BCUT2D eigenvalue weighted by atomic mass is 9.97. The Balaban J connectivity index is 1.41. The second-order valence-electron chi connectivity index (χ2n) is 6.19. The Hall–Kier alpha value is -2.28. The van der Waals surface area contributed by atoms with Gasteiger partial charge in [-0.2, -0.15) is 0 Å². The van der Waals surface area contributed by atoms with Gasteiger partial charge in [-0.1, -0.05) is 6.07 Å². The summed E-state index contributed by atoms with van der Waals surface area (Å²) in [4.78, 5) is 24.8. The molecule has 0 spiro atoms. The van der Waals surface area contributed by atoms with Crippen molar-refractivity contribution < 1.29 is 28.7 Å². The van der Waals surface area contributed by atoms with E-state index < -0.39 is 0 Å². The smallest absolute Gasteiger partial charge is 0.309 e. The third-order valence-corrected chi connectivity index (χ3v) is 4.56. The zero-order valence-corrected chi connectivity index (χ0v) is 13.8. The number of nitrogens with one attached hydrogen (secondary N) is 2. The number of piperidine rings is 1. The molecule has 24 heavy (non-hydrogen) atoms. The minimum Gasteiger partial charge on any atom is -0.469 e. The molecule has 0 aliphatic carbocycles. The highest BCUT2D eigenvalue weighted by Gasteiger charge is 2.28. The molecular weight excluding hydrogens is 312 g/mol. The van der Waals surface area contributed by atoms with Gasteiger partial charge in [0.25, 0.3) is 5.91 Å². The van der Waals surface area contributed by atoms with E-state index in [0.29, 0.717) is 13.1 Å². The van der Waals surface area contributed by atoms with E-state index >= 15 is 0 Å². The van der Waals surface area contributed by atoms with Crippen molar-refractivity contribution in [1.82, 2.24) is 5.32 Å². The average molecular weight is 335 g/mol. The fourth-order valence-electron chi connectivity index (χ4n) is 3.15.